The largest absolute Gasteiger partial charge is 0.490 e. The maximum Gasteiger partial charge on any atom is 0.490 e. The second-order valence-corrected chi connectivity index (χ2v) is 6.89. The second kappa shape index (κ2) is 8.30. The average molecular weight is 353 g/mol. The Morgan fingerprint density at radius 3 is 2.09 bits per heavy atom. The minimum Gasteiger partial charge on any atom is -0.475 e. The van der Waals surface area contributed by atoms with Crippen LogP contribution in [0.25, 0.3) is 0 Å². The molecule has 0 unspecified atom stereocenters. The zero-order chi connectivity index (χ0) is 17.5. The smallest absolute Gasteiger partial charge is 0.475 e. The van der Waals surface area contributed by atoms with Crippen molar-refractivity contribution in [1.29, 1.82) is 0 Å². The predicted molar refractivity (Wildman–Crippen MR) is 77.3 cm³/mol. The molecule has 0 aromatic heterocycles. The summed E-state index contributed by atoms with van der Waals surface area (Å²) in [5.74, 6) is -2.23. The van der Waals surface area contributed by atoms with Crippen LogP contribution < -0.4 is 4.72 Å². The van der Waals surface area contributed by atoms with E-state index >= 15 is 0 Å². The first-order valence-corrected chi connectivity index (χ1v) is 8.46. The summed E-state index contributed by atoms with van der Waals surface area (Å²) >= 11 is 0. The average Bonchev–Trinajstić information content (AvgIpc) is 2.99. The molecule has 0 saturated heterocycles. The molecule has 0 atom stereocenters. The lowest BCUT2D eigenvalue weighted by atomic mass is 10.1. The molecule has 1 aliphatic carbocycles. The molecule has 5 nitrogen and oxygen atoms in total. The van der Waals surface area contributed by atoms with Crippen LogP contribution in [0.5, 0.6) is 0 Å². The Morgan fingerprint density at radius 1 is 1.17 bits per heavy atom. The number of hydrogen-bond donors (Lipinski definition) is 2. The van der Waals surface area contributed by atoms with Gasteiger partial charge in [0.1, 0.15) is 0 Å². The fraction of sp³-hybridized carbons (Fsp3) is 0.500. The molecule has 0 aliphatic heterocycles. The molecule has 1 aliphatic rings. The third kappa shape index (κ3) is 7.00. The van der Waals surface area contributed by atoms with E-state index in [-0.39, 0.29) is 0 Å². The summed E-state index contributed by atoms with van der Waals surface area (Å²) < 4.78 is 58.2. The van der Waals surface area contributed by atoms with E-state index in [9.17, 15) is 21.6 Å². The number of carbonyl (C=O) groups is 1. The molecule has 1 aromatic carbocycles. The van der Waals surface area contributed by atoms with E-state index in [0.29, 0.717) is 17.4 Å². The Balaban J connectivity index is 0.000000322. The fourth-order valence-corrected chi connectivity index (χ4v) is 3.26. The first kappa shape index (κ1) is 19.4. The zero-order valence-corrected chi connectivity index (χ0v) is 13.0. The standard InChI is InChI=1S/C12H17NO2S.C2HF3O2/c14-16(15,12-8-2-1-3-9-12)13-10-11-6-4-5-7-11;3-2(4,5)1(6)7/h1-3,8-9,11,13H,4-7,10H2;(H,6,7). The number of rotatable bonds is 4. The highest BCUT2D eigenvalue weighted by molar-refractivity contribution is 7.89. The molecule has 0 spiro atoms. The first-order valence-electron chi connectivity index (χ1n) is 6.98. The molecule has 0 amide bonds. The van der Waals surface area contributed by atoms with Crippen molar-refractivity contribution in [2.24, 2.45) is 5.92 Å². The van der Waals surface area contributed by atoms with E-state index in [4.69, 9.17) is 9.90 Å². The highest BCUT2D eigenvalue weighted by Crippen LogP contribution is 2.24. The van der Waals surface area contributed by atoms with Crippen molar-refractivity contribution < 1.29 is 31.5 Å². The Hall–Kier alpha value is -1.61. The number of nitrogens with one attached hydrogen (secondary N) is 1. The van der Waals surface area contributed by atoms with Crippen molar-refractivity contribution in [3.8, 4) is 0 Å². The third-order valence-corrected chi connectivity index (χ3v) is 4.77. The van der Waals surface area contributed by atoms with E-state index in [1.165, 1.54) is 12.8 Å². The lowest BCUT2D eigenvalue weighted by Gasteiger charge is -2.10. The van der Waals surface area contributed by atoms with Gasteiger partial charge in [-0.05, 0) is 30.9 Å². The van der Waals surface area contributed by atoms with Crippen LogP contribution in [-0.2, 0) is 14.8 Å². The Bertz CT molecular complexity index is 596. The Labute approximate surface area is 132 Å². The number of hydrogen-bond acceptors (Lipinski definition) is 3. The molecule has 2 rings (SSSR count). The molecule has 1 saturated carbocycles. The van der Waals surface area contributed by atoms with Crippen molar-refractivity contribution in [2.45, 2.75) is 36.8 Å². The number of benzene rings is 1. The highest BCUT2D eigenvalue weighted by Gasteiger charge is 2.38. The van der Waals surface area contributed by atoms with Gasteiger partial charge in [-0.3, -0.25) is 0 Å². The Kier molecular flexibility index (Phi) is 7.01. The second-order valence-electron chi connectivity index (χ2n) is 5.12. The third-order valence-electron chi connectivity index (χ3n) is 3.33. The van der Waals surface area contributed by atoms with Gasteiger partial charge in [-0.1, -0.05) is 31.0 Å². The van der Waals surface area contributed by atoms with Crippen LogP contribution in [0.2, 0.25) is 0 Å². The molecule has 1 fully saturated rings. The molecule has 0 heterocycles. The van der Waals surface area contributed by atoms with Gasteiger partial charge in [-0.15, -0.1) is 0 Å². The van der Waals surface area contributed by atoms with Crippen LogP contribution in [0.1, 0.15) is 25.7 Å². The van der Waals surface area contributed by atoms with E-state index in [2.05, 4.69) is 4.72 Å². The number of sulfonamides is 1. The molecule has 1 aromatic rings. The van der Waals surface area contributed by atoms with Crippen LogP contribution >= 0.6 is 0 Å². The number of alkyl halides is 3. The van der Waals surface area contributed by atoms with Crippen molar-refractivity contribution >= 4 is 16.0 Å². The van der Waals surface area contributed by atoms with E-state index in [0.717, 1.165) is 12.8 Å². The molecular weight excluding hydrogens is 335 g/mol. The quantitative estimate of drug-likeness (QED) is 0.872. The molecule has 23 heavy (non-hydrogen) atoms. The van der Waals surface area contributed by atoms with Gasteiger partial charge in [0.2, 0.25) is 10.0 Å². The van der Waals surface area contributed by atoms with Crippen LogP contribution in [0.15, 0.2) is 35.2 Å². The number of carboxylic acid groups (broad SMARTS) is 1. The molecule has 0 radical (unpaired) electrons. The van der Waals surface area contributed by atoms with Crippen molar-refractivity contribution in [3.05, 3.63) is 30.3 Å². The van der Waals surface area contributed by atoms with E-state index < -0.39 is 22.2 Å². The first-order chi connectivity index (χ1) is 10.6. The molecule has 0 bridgehead atoms. The maximum atomic E-state index is 11.9. The molecule has 2 N–H and O–H groups in total. The summed E-state index contributed by atoms with van der Waals surface area (Å²) in [7, 11) is -3.30. The number of aliphatic carboxylic acids is 1. The fourth-order valence-electron chi connectivity index (χ4n) is 2.13. The summed E-state index contributed by atoms with van der Waals surface area (Å²) in [5, 5.41) is 7.12. The lowest BCUT2D eigenvalue weighted by Crippen LogP contribution is -2.28. The summed E-state index contributed by atoms with van der Waals surface area (Å²) in [6, 6.07) is 8.54. The van der Waals surface area contributed by atoms with Gasteiger partial charge in [0.05, 0.1) is 4.90 Å². The van der Waals surface area contributed by atoms with E-state index in [1.54, 1.807) is 24.3 Å². The van der Waals surface area contributed by atoms with Crippen LogP contribution in [0.4, 0.5) is 13.2 Å². The van der Waals surface area contributed by atoms with Crippen molar-refractivity contribution in [1.82, 2.24) is 4.72 Å². The molecule has 130 valence electrons. The topological polar surface area (TPSA) is 83.5 Å². The summed E-state index contributed by atoms with van der Waals surface area (Å²) in [5.41, 5.74) is 0. The minimum absolute atomic E-state index is 0.355. The van der Waals surface area contributed by atoms with Crippen LogP contribution in [0, 0.1) is 5.92 Å². The lowest BCUT2D eigenvalue weighted by molar-refractivity contribution is -0.192. The predicted octanol–water partition coefficient (Wildman–Crippen LogP) is 2.79. The van der Waals surface area contributed by atoms with Gasteiger partial charge >= 0.3 is 12.1 Å². The van der Waals surface area contributed by atoms with E-state index in [1.807, 2.05) is 6.07 Å². The normalized spacial score (nSPS) is 15.8. The SMILES string of the molecule is O=C(O)C(F)(F)F.O=S(=O)(NCC1CCCC1)c1ccccc1. The number of carboxylic acids is 1. The van der Waals surface area contributed by atoms with Crippen molar-refractivity contribution in [2.75, 3.05) is 6.54 Å². The van der Waals surface area contributed by atoms with Gasteiger partial charge in [0, 0.05) is 6.54 Å². The Morgan fingerprint density at radius 2 is 1.65 bits per heavy atom. The van der Waals surface area contributed by atoms with Crippen LogP contribution in [-0.4, -0.2) is 32.2 Å². The summed E-state index contributed by atoms with van der Waals surface area (Å²) in [6.45, 7) is 0.581. The number of halogens is 3. The molecule has 9 heteroatoms. The van der Waals surface area contributed by atoms with Gasteiger partial charge in [0.25, 0.3) is 0 Å². The van der Waals surface area contributed by atoms with Crippen molar-refractivity contribution in [3.63, 3.8) is 0 Å². The molecular formula is C14H18F3NO4S. The van der Waals surface area contributed by atoms with Crippen LogP contribution in [0.3, 0.4) is 0 Å². The van der Waals surface area contributed by atoms with Gasteiger partial charge < -0.3 is 5.11 Å². The van der Waals surface area contributed by atoms with Gasteiger partial charge in [0.15, 0.2) is 0 Å². The van der Waals surface area contributed by atoms with Gasteiger partial charge in [-0.2, -0.15) is 13.2 Å². The van der Waals surface area contributed by atoms with Gasteiger partial charge in [-0.25, -0.2) is 17.9 Å². The maximum absolute atomic E-state index is 11.9. The summed E-state index contributed by atoms with van der Waals surface area (Å²) in [4.78, 5) is 9.25. The summed E-state index contributed by atoms with van der Waals surface area (Å²) in [6.07, 6.45) is -0.315. The minimum atomic E-state index is -5.08. The zero-order valence-electron chi connectivity index (χ0n) is 12.2. The highest BCUT2D eigenvalue weighted by atomic mass is 32.2. The monoisotopic (exact) mass is 353 g/mol.